The van der Waals surface area contributed by atoms with E-state index >= 15 is 0 Å². The maximum absolute atomic E-state index is 12.6. The summed E-state index contributed by atoms with van der Waals surface area (Å²) in [6.45, 7) is 1.38. The van der Waals surface area contributed by atoms with E-state index < -0.39 is 14.9 Å². The van der Waals surface area contributed by atoms with Crippen LogP contribution in [0.5, 0.6) is 0 Å². The number of nitro benzene ring substituents is 1. The highest BCUT2D eigenvalue weighted by atomic mass is 32.2. The molecule has 26 heavy (non-hydrogen) atoms. The van der Waals surface area contributed by atoms with Crippen molar-refractivity contribution < 1.29 is 18.1 Å². The highest BCUT2D eigenvalue weighted by Crippen LogP contribution is 2.29. The van der Waals surface area contributed by atoms with Crippen molar-refractivity contribution in [2.24, 2.45) is 0 Å². The monoisotopic (exact) mass is 378 g/mol. The number of pyridine rings is 1. The number of nitrogens with one attached hydrogen (secondary N) is 1. The van der Waals surface area contributed by atoms with Gasteiger partial charge in [0.15, 0.2) is 0 Å². The number of likely N-dealkylation sites (tertiary alicyclic amines) is 1. The van der Waals surface area contributed by atoms with Crippen LogP contribution in [0.2, 0.25) is 0 Å². The summed E-state index contributed by atoms with van der Waals surface area (Å²) in [5.41, 5.74) is -0.136. The summed E-state index contributed by atoms with van der Waals surface area (Å²) in [6.07, 6.45) is 3.27. The van der Waals surface area contributed by atoms with Crippen molar-refractivity contribution in [3.63, 3.8) is 0 Å². The minimum Gasteiger partial charge on any atom is -0.343 e. The van der Waals surface area contributed by atoms with Crippen molar-refractivity contribution in [2.75, 3.05) is 19.6 Å². The van der Waals surface area contributed by atoms with Gasteiger partial charge in [0.25, 0.3) is 5.69 Å². The van der Waals surface area contributed by atoms with Crippen LogP contribution in [0.3, 0.4) is 0 Å². The van der Waals surface area contributed by atoms with Gasteiger partial charge in [0.05, 0.1) is 15.8 Å². The Morgan fingerprint density at radius 2 is 2.12 bits per heavy atom. The van der Waals surface area contributed by atoms with Crippen LogP contribution in [0.1, 0.15) is 19.3 Å². The molecule has 9 nitrogen and oxygen atoms in total. The van der Waals surface area contributed by atoms with Crippen LogP contribution < -0.4 is 4.72 Å². The molecule has 1 aliphatic heterocycles. The third-order valence-electron chi connectivity index (χ3n) is 4.26. The van der Waals surface area contributed by atoms with Gasteiger partial charge in [0.2, 0.25) is 15.9 Å². The van der Waals surface area contributed by atoms with Crippen molar-refractivity contribution in [3.8, 4) is 0 Å². The quantitative estimate of drug-likeness (QED) is 0.442. The van der Waals surface area contributed by atoms with Crippen molar-refractivity contribution >= 4 is 32.5 Å². The molecular weight excluding hydrogens is 360 g/mol. The molecule has 1 fully saturated rings. The predicted octanol–water partition coefficient (Wildman–Crippen LogP) is 1.43. The third-order valence-corrected chi connectivity index (χ3v) is 5.76. The van der Waals surface area contributed by atoms with E-state index in [-0.39, 0.29) is 33.9 Å². The molecule has 1 aliphatic rings. The minimum absolute atomic E-state index is 0.0592. The molecule has 10 heteroatoms. The third kappa shape index (κ3) is 3.65. The number of sulfonamides is 1. The standard InChI is InChI=1S/C16H18N4O5S/c21-15-5-2-10-19(15)11-3-9-18-26(24,25)14-7-6-13(20(22)23)12-4-1-8-17-16(12)14/h1,4,6-8,18H,2-3,5,9-11H2. The molecule has 138 valence electrons. The van der Waals surface area contributed by atoms with Gasteiger partial charge < -0.3 is 4.90 Å². The van der Waals surface area contributed by atoms with Crippen LogP contribution in [-0.2, 0) is 14.8 Å². The summed E-state index contributed by atoms with van der Waals surface area (Å²) in [5, 5.41) is 11.3. The van der Waals surface area contributed by atoms with Gasteiger partial charge in [0, 0.05) is 38.3 Å². The zero-order valence-electron chi connectivity index (χ0n) is 13.9. The molecule has 1 aromatic carbocycles. The molecule has 0 bridgehead atoms. The largest absolute Gasteiger partial charge is 0.343 e. The number of amides is 1. The van der Waals surface area contributed by atoms with E-state index in [1.165, 1.54) is 30.5 Å². The topological polar surface area (TPSA) is 123 Å². The Hall–Kier alpha value is -2.59. The first-order chi connectivity index (χ1) is 12.4. The smallest absolute Gasteiger partial charge is 0.278 e. The van der Waals surface area contributed by atoms with Crippen molar-refractivity contribution in [1.82, 2.24) is 14.6 Å². The molecule has 0 radical (unpaired) electrons. The molecule has 2 heterocycles. The number of carbonyl (C=O) groups excluding carboxylic acids is 1. The van der Waals surface area contributed by atoms with Gasteiger partial charge in [-0.25, -0.2) is 13.1 Å². The lowest BCUT2D eigenvalue weighted by Gasteiger charge is -2.15. The number of nitro groups is 1. The Kier molecular flexibility index (Phi) is 5.14. The van der Waals surface area contributed by atoms with E-state index in [4.69, 9.17) is 0 Å². The fourth-order valence-corrected chi connectivity index (χ4v) is 4.24. The van der Waals surface area contributed by atoms with Crippen LogP contribution in [0.25, 0.3) is 10.9 Å². The summed E-state index contributed by atoms with van der Waals surface area (Å²) >= 11 is 0. The fourth-order valence-electron chi connectivity index (χ4n) is 3.00. The summed E-state index contributed by atoms with van der Waals surface area (Å²) in [4.78, 5) is 27.7. The number of rotatable bonds is 7. The molecule has 0 unspecified atom stereocenters. The number of non-ortho nitro benzene ring substituents is 1. The second-order valence-electron chi connectivity index (χ2n) is 5.98. The maximum Gasteiger partial charge on any atom is 0.278 e. The Labute approximate surface area is 150 Å². The Morgan fingerprint density at radius 1 is 1.31 bits per heavy atom. The average Bonchev–Trinajstić information content (AvgIpc) is 3.02. The van der Waals surface area contributed by atoms with Gasteiger partial charge in [-0.2, -0.15) is 0 Å². The van der Waals surface area contributed by atoms with Crippen molar-refractivity contribution in [1.29, 1.82) is 0 Å². The molecule has 0 spiro atoms. The second kappa shape index (κ2) is 7.34. The Bertz CT molecular complexity index is 960. The Morgan fingerprint density at radius 3 is 2.81 bits per heavy atom. The fraction of sp³-hybridized carbons (Fsp3) is 0.375. The summed E-state index contributed by atoms with van der Waals surface area (Å²) in [6, 6.07) is 5.35. The van der Waals surface area contributed by atoms with Gasteiger partial charge in [0.1, 0.15) is 4.90 Å². The molecule has 2 aromatic rings. The Balaban J connectivity index is 1.76. The zero-order chi connectivity index (χ0) is 18.7. The normalized spacial score (nSPS) is 14.9. The zero-order valence-corrected chi connectivity index (χ0v) is 14.7. The number of carbonyl (C=O) groups is 1. The van der Waals surface area contributed by atoms with Crippen LogP contribution in [-0.4, -0.2) is 48.8 Å². The molecule has 1 saturated heterocycles. The molecule has 1 aromatic heterocycles. The van der Waals surface area contributed by atoms with E-state index in [1.54, 1.807) is 4.90 Å². The molecular formula is C16H18N4O5S. The SMILES string of the molecule is O=C1CCCN1CCCNS(=O)(=O)c1ccc([N+](=O)[O-])c2cccnc12. The van der Waals surface area contributed by atoms with E-state index in [2.05, 4.69) is 9.71 Å². The first-order valence-corrected chi connectivity index (χ1v) is 9.68. The van der Waals surface area contributed by atoms with Gasteiger partial charge in [-0.3, -0.25) is 19.9 Å². The van der Waals surface area contributed by atoms with Gasteiger partial charge in [-0.1, -0.05) is 0 Å². The summed E-state index contributed by atoms with van der Waals surface area (Å²) in [5.74, 6) is 0.0958. The van der Waals surface area contributed by atoms with E-state index in [0.29, 0.717) is 25.9 Å². The van der Waals surface area contributed by atoms with Crippen molar-refractivity contribution in [3.05, 3.63) is 40.6 Å². The predicted molar refractivity (Wildman–Crippen MR) is 94.0 cm³/mol. The molecule has 0 saturated carbocycles. The number of benzene rings is 1. The summed E-state index contributed by atoms with van der Waals surface area (Å²) in [7, 11) is -3.88. The number of aromatic nitrogens is 1. The van der Waals surface area contributed by atoms with E-state index in [0.717, 1.165) is 6.42 Å². The highest BCUT2D eigenvalue weighted by molar-refractivity contribution is 7.89. The number of hydrogen-bond acceptors (Lipinski definition) is 6. The lowest BCUT2D eigenvalue weighted by Crippen LogP contribution is -2.30. The highest BCUT2D eigenvalue weighted by Gasteiger charge is 2.23. The van der Waals surface area contributed by atoms with E-state index in [9.17, 15) is 23.3 Å². The second-order valence-corrected chi connectivity index (χ2v) is 7.71. The first kappa shape index (κ1) is 18.2. The summed E-state index contributed by atoms with van der Waals surface area (Å²) < 4.78 is 27.7. The van der Waals surface area contributed by atoms with Crippen LogP contribution in [0.15, 0.2) is 35.4 Å². The van der Waals surface area contributed by atoms with Crippen LogP contribution in [0, 0.1) is 10.1 Å². The maximum atomic E-state index is 12.6. The van der Waals surface area contributed by atoms with E-state index in [1.807, 2.05) is 0 Å². The molecule has 0 aliphatic carbocycles. The average molecular weight is 378 g/mol. The first-order valence-electron chi connectivity index (χ1n) is 8.20. The van der Waals surface area contributed by atoms with Gasteiger partial charge in [-0.15, -0.1) is 0 Å². The molecule has 3 rings (SSSR count). The van der Waals surface area contributed by atoms with Crippen LogP contribution in [0.4, 0.5) is 5.69 Å². The molecule has 0 atom stereocenters. The van der Waals surface area contributed by atoms with Gasteiger partial charge >= 0.3 is 0 Å². The van der Waals surface area contributed by atoms with Crippen LogP contribution >= 0.6 is 0 Å². The number of hydrogen-bond donors (Lipinski definition) is 1. The minimum atomic E-state index is -3.88. The number of nitrogens with zero attached hydrogens (tertiary/aromatic N) is 3. The lowest BCUT2D eigenvalue weighted by atomic mass is 10.2. The van der Waals surface area contributed by atoms with Gasteiger partial charge in [-0.05, 0) is 31.0 Å². The molecule has 1 N–H and O–H groups in total. The number of fused-ring (bicyclic) bond motifs is 1. The molecule has 1 amide bonds. The lowest BCUT2D eigenvalue weighted by molar-refractivity contribution is -0.383. The van der Waals surface area contributed by atoms with Crippen molar-refractivity contribution in [2.45, 2.75) is 24.2 Å².